The number of aliphatic hydroxyl groups is 1. The van der Waals surface area contributed by atoms with Gasteiger partial charge in [0.2, 0.25) is 0 Å². The van der Waals surface area contributed by atoms with Crippen LogP contribution in [0.2, 0.25) is 0 Å². The van der Waals surface area contributed by atoms with E-state index in [1.54, 1.807) is 7.11 Å². The molecule has 22 heavy (non-hydrogen) atoms. The molecular formula is C19H21NO2. The first kappa shape index (κ1) is 13.8. The van der Waals surface area contributed by atoms with Crippen LogP contribution in [0.5, 0.6) is 5.75 Å². The minimum Gasteiger partial charge on any atom is -0.497 e. The van der Waals surface area contributed by atoms with Crippen LogP contribution in [0.15, 0.2) is 48.5 Å². The topological polar surface area (TPSA) is 32.7 Å². The Labute approximate surface area is 131 Å². The fourth-order valence-corrected chi connectivity index (χ4v) is 4.03. The van der Waals surface area contributed by atoms with Crippen molar-refractivity contribution in [3.63, 3.8) is 0 Å². The number of benzene rings is 2. The molecule has 0 saturated carbocycles. The minimum atomic E-state index is -0.341. The molecule has 2 aromatic carbocycles. The fourth-order valence-electron chi connectivity index (χ4n) is 4.03. The van der Waals surface area contributed by atoms with Gasteiger partial charge in [-0.2, -0.15) is 0 Å². The molecule has 1 heterocycles. The summed E-state index contributed by atoms with van der Waals surface area (Å²) < 4.78 is 5.35. The molecule has 0 amide bonds. The maximum atomic E-state index is 10.6. The third-order valence-corrected chi connectivity index (χ3v) is 5.11. The quantitative estimate of drug-likeness (QED) is 0.945. The van der Waals surface area contributed by atoms with Crippen LogP contribution in [0.1, 0.15) is 28.7 Å². The van der Waals surface area contributed by atoms with Crippen molar-refractivity contribution in [3.8, 4) is 5.75 Å². The predicted octanol–water partition coefficient (Wildman–Crippen LogP) is 2.96. The zero-order valence-corrected chi connectivity index (χ0v) is 12.8. The first-order chi connectivity index (χ1) is 10.8. The zero-order chi connectivity index (χ0) is 15.1. The molecule has 1 aliphatic carbocycles. The molecule has 114 valence electrons. The average Bonchev–Trinajstić information content (AvgIpc) is 3.07. The Hall–Kier alpha value is -1.84. The summed E-state index contributed by atoms with van der Waals surface area (Å²) in [7, 11) is 1.70. The van der Waals surface area contributed by atoms with Gasteiger partial charge in [0.25, 0.3) is 0 Å². The van der Waals surface area contributed by atoms with E-state index >= 15 is 0 Å². The van der Waals surface area contributed by atoms with Gasteiger partial charge in [-0.1, -0.05) is 36.4 Å². The van der Waals surface area contributed by atoms with Crippen LogP contribution in [-0.4, -0.2) is 30.2 Å². The van der Waals surface area contributed by atoms with Crippen LogP contribution >= 0.6 is 0 Å². The lowest BCUT2D eigenvalue weighted by molar-refractivity contribution is 0.118. The molecule has 2 aliphatic rings. The van der Waals surface area contributed by atoms with E-state index in [2.05, 4.69) is 41.3 Å². The second kappa shape index (κ2) is 5.41. The Kier molecular flexibility index (Phi) is 3.40. The van der Waals surface area contributed by atoms with E-state index in [1.807, 2.05) is 12.1 Å². The van der Waals surface area contributed by atoms with Crippen molar-refractivity contribution >= 4 is 0 Å². The van der Waals surface area contributed by atoms with Gasteiger partial charge in [-0.3, -0.25) is 4.90 Å². The summed E-state index contributed by atoms with van der Waals surface area (Å²) in [6.45, 7) is 2.92. The molecule has 0 radical (unpaired) electrons. The SMILES string of the molecule is COc1ccc2c(c1)C1CN(Cc3ccccc3)CC1C2O. The number of rotatable bonds is 3. The first-order valence-electron chi connectivity index (χ1n) is 7.88. The molecule has 3 atom stereocenters. The normalized spacial score (nSPS) is 26.7. The Morgan fingerprint density at radius 1 is 1.09 bits per heavy atom. The molecule has 0 bridgehead atoms. The maximum absolute atomic E-state index is 10.6. The number of fused-ring (bicyclic) bond motifs is 3. The van der Waals surface area contributed by atoms with Crippen molar-refractivity contribution in [1.82, 2.24) is 4.90 Å². The Morgan fingerprint density at radius 2 is 1.91 bits per heavy atom. The van der Waals surface area contributed by atoms with Crippen molar-refractivity contribution < 1.29 is 9.84 Å². The Morgan fingerprint density at radius 3 is 2.68 bits per heavy atom. The van der Waals surface area contributed by atoms with Crippen LogP contribution in [0.4, 0.5) is 0 Å². The monoisotopic (exact) mass is 295 g/mol. The third kappa shape index (κ3) is 2.21. The summed E-state index contributed by atoms with van der Waals surface area (Å²) in [6, 6.07) is 16.6. The highest BCUT2D eigenvalue weighted by Gasteiger charge is 2.45. The fraction of sp³-hybridized carbons (Fsp3) is 0.368. The van der Waals surface area contributed by atoms with E-state index < -0.39 is 0 Å². The van der Waals surface area contributed by atoms with Gasteiger partial charge in [-0.05, 0) is 28.8 Å². The van der Waals surface area contributed by atoms with Gasteiger partial charge in [0.05, 0.1) is 13.2 Å². The smallest absolute Gasteiger partial charge is 0.119 e. The number of ether oxygens (including phenoxy) is 1. The Bertz CT molecular complexity index is 670. The largest absolute Gasteiger partial charge is 0.497 e. The molecule has 1 aliphatic heterocycles. The molecule has 3 heteroatoms. The zero-order valence-electron chi connectivity index (χ0n) is 12.8. The van der Waals surface area contributed by atoms with Crippen LogP contribution in [0.3, 0.4) is 0 Å². The summed E-state index contributed by atoms with van der Waals surface area (Å²) in [5, 5.41) is 10.6. The molecular weight excluding hydrogens is 274 g/mol. The Balaban J connectivity index is 1.56. The van der Waals surface area contributed by atoms with Gasteiger partial charge in [-0.25, -0.2) is 0 Å². The van der Waals surface area contributed by atoms with E-state index in [1.165, 1.54) is 11.1 Å². The molecule has 1 saturated heterocycles. The van der Waals surface area contributed by atoms with Gasteiger partial charge in [0.1, 0.15) is 5.75 Å². The van der Waals surface area contributed by atoms with E-state index in [-0.39, 0.29) is 6.10 Å². The van der Waals surface area contributed by atoms with E-state index in [4.69, 9.17) is 4.74 Å². The molecule has 1 fully saturated rings. The number of hydrogen-bond donors (Lipinski definition) is 1. The van der Waals surface area contributed by atoms with Gasteiger partial charge in [-0.15, -0.1) is 0 Å². The molecule has 3 nitrogen and oxygen atoms in total. The number of nitrogens with zero attached hydrogens (tertiary/aromatic N) is 1. The molecule has 0 aromatic heterocycles. The highest BCUT2D eigenvalue weighted by molar-refractivity contribution is 5.45. The molecule has 2 aromatic rings. The van der Waals surface area contributed by atoms with Gasteiger partial charge < -0.3 is 9.84 Å². The summed E-state index contributed by atoms with van der Waals surface area (Å²) in [5.41, 5.74) is 3.70. The maximum Gasteiger partial charge on any atom is 0.119 e. The summed E-state index contributed by atoms with van der Waals surface area (Å²) in [5.74, 6) is 1.61. The van der Waals surface area contributed by atoms with Gasteiger partial charge in [0, 0.05) is 31.5 Å². The van der Waals surface area contributed by atoms with Gasteiger partial charge >= 0.3 is 0 Å². The van der Waals surface area contributed by atoms with E-state index in [9.17, 15) is 5.11 Å². The van der Waals surface area contributed by atoms with Crippen molar-refractivity contribution in [2.24, 2.45) is 5.92 Å². The lowest BCUT2D eigenvalue weighted by atomic mass is 9.96. The van der Waals surface area contributed by atoms with Gasteiger partial charge in [0.15, 0.2) is 0 Å². The number of aliphatic hydroxyl groups excluding tert-OH is 1. The molecule has 3 unspecified atom stereocenters. The van der Waals surface area contributed by atoms with E-state index in [0.29, 0.717) is 11.8 Å². The third-order valence-electron chi connectivity index (χ3n) is 5.11. The lowest BCUT2D eigenvalue weighted by Crippen LogP contribution is -2.22. The van der Waals surface area contributed by atoms with Crippen LogP contribution < -0.4 is 4.74 Å². The molecule has 1 N–H and O–H groups in total. The van der Waals surface area contributed by atoms with E-state index in [0.717, 1.165) is 30.9 Å². The highest BCUT2D eigenvalue weighted by atomic mass is 16.5. The number of likely N-dealkylation sites (tertiary alicyclic amines) is 1. The second-order valence-electron chi connectivity index (χ2n) is 6.39. The molecule has 0 spiro atoms. The van der Waals surface area contributed by atoms with Crippen LogP contribution in [0.25, 0.3) is 0 Å². The highest BCUT2D eigenvalue weighted by Crippen LogP contribution is 2.50. The average molecular weight is 295 g/mol. The minimum absolute atomic E-state index is 0.311. The molecule has 4 rings (SSSR count). The van der Waals surface area contributed by atoms with Crippen molar-refractivity contribution in [2.75, 3.05) is 20.2 Å². The standard InChI is InChI=1S/C19H21NO2/c1-22-14-7-8-15-16(9-14)17-11-20(12-18(17)19(15)21)10-13-5-3-2-4-6-13/h2-9,17-19,21H,10-12H2,1H3. The lowest BCUT2D eigenvalue weighted by Gasteiger charge is -2.19. The van der Waals surface area contributed by atoms with Crippen LogP contribution in [-0.2, 0) is 6.54 Å². The number of hydrogen-bond acceptors (Lipinski definition) is 3. The summed E-state index contributed by atoms with van der Waals surface area (Å²) in [4.78, 5) is 2.45. The number of methoxy groups -OCH3 is 1. The summed E-state index contributed by atoms with van der Waals surface area (Å²) >= 11 is 0. The summed E-state index contributed by atoms with van der Waals surface area (Å²) in [6.07, 6.45) is -0.341. The van der Waals surface area contributed by atoms with Crippen LogP contribution in [0, 0.1) is 5.92 Å². The second-order valence-corrected chi connectivity index (χ2v) is 6.39. The van der Waals surface area contributed by atoms with Crippen molar-refractivity contribution in [2.45, 2.75) is 18.6 Å². The van der Waals surface area contributed by atoms with Crippen molar-refractivity contribution in [3.05, 3.63) is 65.2 Å². The van der Waals surface area contributed by atoms with Crippen molar-refractivity contribution in [1.29, 1.82) is 0 Å². The predicted molar refractivity (Wildman–Crippen MR) is 85.9 cm³/mol. The first-order valence-corrected chi connectivity index (χ1v) is 7.88.